The first-order chi connectivity index (χ1) is 13.4. The summed E-state index contributed by atoms with van der Waals surface area (Å²) >= 11 is 0. The number of ether oxygens (including phenoxy) is 1. The lowest BCUT2D eigenvalue weighted by Gasteiger charge is -2.15. The number of nitrogens with one attached hydrogen (secondary N) is 1. The van der Waals surface area contributed by atoms with Gasteiger partial charge in [-0.15, -0.1) is 0 Å². The minimum Gasteiger partial charge on any atom is -0.497 e. The average Bonchev–Trinajstić information content (AvgIpc) is 2.67. The third-order valence-electron chi connectivity index (χ3n) is 3.74. The maximum absolute atomic E-state index is 13.3. The fraction of sp³-hybridized carbons (Fsp3) is 0.235. The van der Waals surface area contributed by atoms with Crippen LogP contribution in [0.3, 0.4) is 0 Å². The molecule has 0 fully saturated rings. The van der Waals surface area contributed by atoms with Gasteiger partial charge in [-0.1, -0.05) is 6.07 Å². The lowest BCUT2D eigenvalue weighted by molar-refractivity contribution is -0.139. The van der Waals surface area contributed by atoms with Gasteiger partial charge >= 0.3 is 6.18 Å². The number of methoxy groups -OCH3 is 1. The fourth-order valence-corrected chi connectivity index (χ4v) is 5.03. The molecule has 0 aliphatic carbocycles. The van der Waals surface area contributed by atoms with Crippen molar-refractivity contribution in [3.8, 4) is 11.8 Å². The van der Waals surface area contributed by atoms with Crippen molar-refractivity contribution >= 4 is 19.9 Å². The molecule has 0 aliphatic rings. The molecule has 1 N–H and O–H groups in total. The van der Waals surface area contributed by atoms with Crippen LogP contribution in [0.1, 0.15) is 12.0 Å². The van der Waals surface area contributed by atoms with E-state index >= 15 is 0 Å². The van der Waals surface area contributed by atoms with Gasteiger partial charge in [-0.2, -0.15) is 18.4 Å². The number of sulfonamides is 1. The van der Waals surface area contributed by atoms with E-state index < -0.39 is 47.9 Å². The number of nitriles is 1. The van der Waals surface area contributed by atoms with Crippen LogP contribution < -0.4 is 9.46 Å². The Hall–Kier alpha value is -2.62. The maximum atomic E-state index is 13.3. The molecule has 0 saturated carbocycles. The van der Waals surface area contributed by atoms with E-state index in [-0.39, 0.29) is 17.1 Å². The highest BCUT2D eigenvalue weighted by atomic mass is 32.2. The highest BCUT2D eigenvalue weighted by Crippen LogP contribution is 2.36. The predicted octanol–water partition coefficient (Wildman–Crippen LogP) is 2.74. The molecule has 0 amide bonds. The number of hydrogen-bond acceptors (Lipinski definition) is 6. The molecule has 7 nitrogen and oxygen atoms in total. The topological polar surface area (TPSA) is 113 Å². The molecule has 0 bridgehead atoms. The lowest BCUT2D eigenvalue weighted by atomic mass is 10.2. The zero-order valence-corrected chi connectivity index (χ0v) is 16.5. The molecule has 0 atom stereocenters. The van der Waals surface area contributed by atoms with Crippen molar-refractivity contribution in [3.05, 3.63) is 48.0 Å². The van der Waals surface area contributed by atoms with Crippen LogP contribution in [0.5, 0.6) is 5.75 Å². The van der Waals surface area contributed by atoms with Crippen molar-refractivity contribution in [2.24, 2.45) is 0 Å². The van der Waals surface area contributed by atoms with E-state index in [1.165, 1.54) is 25.3 Å². The molecular weight excluding hydrogens is 433 g/mol. The zero-order valence-electron chi connectivity index (χ0n) is 14.9. The van der Waals surface area contributed by atoms with Crippen molar-refractivity contribution in [2.75, 3.05) is 13.7 Å². The Morgan fingerprint density at radius 2 is 1.72 bits per heavy atom. The van der Waals surface area contributed by atoms with Gasteiger partial charge in [-0.3, -0.25) is 0 Å². The average molecular weight is 448 g/mol. The highest BCUT2D eigenvalue weighted by Gasteiger charge is 2.38. The van der Waals surface area contributed by atoms with Gasteiger partial charge in [0.05, 0.1) is 33.4 Å². The van der Waals surface area contributed by atoms with Crippen molar-refractivity contribution in [3.63, 3.8) is 0 Å². The van der Waals surface area contributed by atoms with Gasteiger partial charge in [-0.05, 0) is 36.4 Å². The first-order valence-corrected chi connectivity index (χ1v) is 10.9. The van der Waals surface area contributed by atoms with Crippen LogP contribution in [0.2, 0.25) is 0 Å². The third kappa shape index (κ3) is 5.06. The first-order valence-electron chi connectivity index (χ1n) is 7.90. The standard InChI is InChI=1S/C17H15F3N2O5S2/c1-27-12-4-2-5-13(10-12)28(23,24)14-6-7-15(17(18,19)20)16(11-14)29(25,26)22-9-3-8-21/h2,4-7,10-11,22H,3,9H2,1H3. The fourth-order valence-electron chi connectivity index (χ4n) is 2.35. The van der Waals surface area contributed by atoms with Crippen molar-refractivity contribution in [1.82, 2.24) is 4.72 Å². The SMILES string of the molecule is COc1cccc(S(=O)(=O)c2ccc(C(F)(F)F)c(S(=O)(=O)NCCC#N)c2)c1. The minimum absolute atomic E-state index is 0.198. The summed E-state index contributed by atoms with van der Waals surface area (Å²) in [6.07, 6.45) is -5.32. The molecule has 0 unspecified atom stereocenters. The third-order valence-corrected chi connectivity index (χ3v) is 6.99. The van der Waals surface area contributed by atoms with Crippen LogP contribution >= 0.6 is 0 Å². The predicted molar refractivity (Wildman–Crippen MR) is 95.3 cm³/mol. The summed E-state index contributed by atoms with van der Waals surface area (Å²) in [7, 11) is -7.76. The van der Waals surface area contributed by atoms with Crippen molar-refractivity contribution < 1.29 is 34.7 Å². The van der Waals surface area contributed by atoms with E-state index in [2.05, 4.69) is 0 Å². The monoisotopic (exact) mass is 448 g/mol. The summed E-state index contributed by atoms with van der Waals surface area (Å²) < 4.78 is 97.0. The van der Waals surface area contributed by atoms with Crippen molar-refractivity contribution in [2.45, 2.75) is 27.3 Å². The molecule has 2 rings (SSSR count). The van der Waals surface area contributed by atoms with Crippen molar-refractivity contribution in [1.29, 1.82) is 5.26 Å². The van der Waals surface area contributed by atoms with E-state index in [0.29, 0.717) is 18.2 Å². The second kappa shape index (κ2) is 8.40. The summed E-state index contributed by atoms with van der Waals surface area (Å²) in [5.74, 6) is 0.198. The van der Waals surface area contributed by atoms with Gasteiger partial charge in [-0.25, -0.2) is 21.6 Å². The number of halogens is 3. The summed E-state index contributed by atoms with van der Waals surface area (Å²) in [6.45, 7) is -0.428. The van der Waals surface area contributed by atoms with Crippen LogP contribution in [0, 0.1) is 11.3 Å². The molecule has 156 valence electrons. The summed E-state index contributed by atoms with van der Waals surface area (Å²) in [5.41, 5.74) is -1.52. The summed E-state index contributed by atoms with van der Waals surface area (Å²) in [5, 5.41) is 8.48. The number of sulfone groups is 1. The molecule has 0 saturated heterocycles. The Bertz CT molecular complexity index is 1150. The minimum atomic E-state index is -5.04. The number of benzene rings is 2. The molecule has 0 radical (unpaired) electrons. The van der Waals surface area contributed by atoms with Gasteiger partial charge in [0.1, 0.15) is 5.75 Å². The Morgan fingerprint density at radius 1 is 1.07 bits per heavy atom. The zero-order chi connectivity index (χ0) is 21.9. The van der Waals surface area contributed by atoms with Crippen LogP contribution in [-0.4, -0.2) is 30.5 Å². The quantitative estimate of drug-likeness (QED) is 0.652. The van der Waals surface area contributed by atoms with Gasteiger partial charge in [0.25, 0.3) is 0 Å². The second-order valence-electron chi connectivity index (χ2n) is 5.64. The highest BCUT2D eigenvalue weighted by molar-refractivity contribution is 7.91. The van der Waals surface area contributed by atoms with Crippen LogP contribution in [0.15, 0.2) is 57.2 Å². The van der Waals surface area contributed by atoms with E-state index in [9.17, 15) is 30.0 Å². The molecule has 12 heteroatoms. The second-order valence-corrected chi connectivity index (χ2v) is 9.33. The summed E-state index contributed by atoms with van der Waals surface area (Å²) in [4.78, 5) is -2.16. The number of nitrogens with zero attached hydrogens (tertiary/aromatic N) is 1. The molecule has 2 aromatic carbocycles. The van der Waals surface area contributed by atoms with Gasteiger partial charge < -0.3 is 4.74 Å². The number of hydrogen-bond donors (Lipinski definition) is 1. The van der Waals surface area contributed by atoms with Gasteiger partial charge in [0.15, 0.2) is 0 Å². The molecular formula is C17H15F3N2O5S2. The first kappa shape index (κ1) is 22.7. The lowest BCUT2D eigenvalue weighted by Crippen LogP contribution is -2.27. The van der Waals surface area contributed by atoms with E-state index in [1.54, 1.807) is 6.07 Å². The maximum Gasteiger partial charge on any atom is 0.417 e. The number of rotatable bonds is 7. The Morgan fingerprint density at radius 3 is 2.31 bits per heavy atom. The Balaban J connectivity index is 2.65. The molecule has 0 aliphatic heterocycles. The normalized spacial score (nSPS) is 12.4. The molecule has 29 heavy (non-hydrogen) atoms. The molecule has 2 aromatic rings. The Labute approximate surface area is 165 Å². The Kier molecular flexibility index (Phi) is 6.56. The van der Waals surface area contributed by atoms with Crippen LogP contribution in [-0.2, 0) is 26.0 Å². The molecule has 0 spiro atoms. The summed E-state index contributed by atoms with van der Waals surface area (Å²) in [6, 6.07) is 8.39. The van der Waals surface area contributed by atoms with Crippen LogP contribution in [0.4, 0.5) is 13.2 Å². The van der Waals surface area contributed by atoms with Gasteiger partial charge in [0.2, 0.25) is 19.9 Å². The van der Waals surface area contributed by atoms with Crippen LogP contribution in [0.25, 0.3) is 0 Å². The molecule has 0 heterocycles. The van der Waals surface area contributed by atoms with E-state index in [1.807, 2.05) is 4.72 Å². The van der Waals surface area contributed by atoms with E-state index in [0.717, 1.165) is 6.07 Å². The number of alkyl halides is 3. The van der Waals surface area contributed by atoms with E-state index in [4.69, 9.17) is 10.00 Å². The smallest absolute Gasteiger partial charge is 0.417 e. The molecule has 0 aromatic heterocycles. The van der Waals surface area contributed by atoms with Gasteiger partial charge in [0, 0.05) is 13.0 Å². The largest absolute Gasteiger partial charge is 0.497 e.